The van der Waals surface area contributed by atoms with Gasteiger partial charge in [-0.3, -0.25) is 4.79 Å². The molecule has 182 valence electrons. The van der Waals surface area contributed by atoms with Crippen LogP contribution in [-0.4, -0.2) is 49.5 Å². The van der Waals surface area contributed by atoms with Crippen molar-refractivity contribution in [3.63, 3.8) is 0 Å². The second-order valence-corrected chi connectivity index (χ2v) is 11.6. The van der Waals surface area contributed by atoms with Gasteiger partial charge in [0.2, 0.25) is 10.0 Å². The van der Waals surface area contributed by atoms with Crippen LogP contribution in [0.15, 0.2) is 52.4 Å². The molecule has 0 radical (unpaired) electrons. The van der Waals surface area contributed by atoms with Gasteiger partial charge in [-0.1, -0.05) is 31.3 Å². The molecule has 7 nitrogen and oxygen atoms in total. The van der Waals surface area contributed by atoms with Gasteiger partial charge < -0.3 is 9.30 Å². The van der Waals surface area contributed by atoms with E-state index in [-0.39, 0.29) is 16.9 Å². The summed E-state index contributed by atoms with van der Waals surface area (Å²) < 4.78 is 35.9. The first-order chi connectivity index (χ1) is 16.3. The number of rotatable bonds is 8. The number of likely N-dealkylation sites (N-methyl/N-ethyl adjacent to an activating group) is 1. The molecule has 0 N–H and O–H groups in total. The Morgan fingerprint density at radius 2 is 1.97 bits per heavy atom. The number of fused-ring (bicyclic) bond motifs is 1. The average molecular weight is 502 g/mol. The lowest BCUT2D eigenvalue weighted by molar-refractivity contribution is 0.0979. The molecule has 2 heterocycles. The molecule has 1 saturated heterocycles. The molecular formula is C25H31N3O4S2. The summed E-state index contributed by atoms with van der Waals surface area (Å²) in [5.74, 6) is -0.385. The van der Waals surface area contributed by atoms with Crippen LogP contribution in [0.1, 0.15) is 49.0 Å². The molecule has 3 aromatic rings. The minimum atomic E-state index is -3.66. The number of carbonyl (C=O) groups is 1. The predicted octanol–water partition coefficient (Wildman–Crippen LogP) is 4.22. The second-order valence-electron chi connectivity index (χ2n) is 8.55. The van der Waals surface area contributed by atoms with Crippen molar-refractivity contribution >= 4 is 37.5 Å². The van der Waals surface area contributed by atoms with Gasteiger partial charge in [-0.15, -0.1) is 0 Å². The number of carbonyl (C=O) groups excluding carboxylic acids is 1. The third kappa shape index (κ3) is 5.17. The highest BCUT2D eigenvalue weighted by atomic mass is 32.2. The first kappa shape index (κ1) is 24.8. The van der Waals surface area contributed by atoms with Crippen molar-refractivity contribution < 1.29 is 17.9 Å². The Morgan fingerprint density at radius 3 is 2.62 bits per heavy atom. The Labute approximate surface area is 204 Å². The number of nitrogens with zero attached hydrogens (tertiary/aromatic N) is 3. The quantitative estimate of drug-likeness (QED) is 0.463. The number of benzene rings is 2. The molecule has 34 heavy (non-hydrogen) atoms. The number of sulfonamides is 1. The molecule has 1 amide bonds. The summed E-state index contributed by atoms with van der Waals surface area (Å²) >= 11 is 1.50. The molecule has 0 spiro atoms. The fraction of sp³-hybridized carbons (Fsp3) is 0.440. The van der Waals surface area contributed by atoms with Crippen molar-refractivity contribution in [2.24, 2.45) is 4.99 Å². The monoisotopic (exact) mass is 501 g/mol. The molecule has 1 unspecified atom stereocenters. The Balaban J connectivity index is 1.59. The van der Waals surface area contributed by atoms with Gasteiger partial charge in [0.1, 0.15) is 0 Å². The minimum absolute atomic E-state index is 0.0658. The summed E-state index contributed by atoms with van der Waals surface area (Å²) in [6.07, 6.45) is 3.63. The molecule has 1 fully saturated rings. The van der Waals surface area contributed by atoms with Gasteiger partial charge >= 0.3 is 0 Å². The van der Waals surface area contributed by atoms with Crippen LogP contribution in [0, 0.1) is 0 Å². The van der Waals surface area contributed by atoms with E-state index in [1.807, 2.05) is 0 Å². The van der Waals surface area contributed by atoms with Crippen molar-refractivity contribution in [2.45, 2.75) is 57.1 Å². The van der Waals surface area contributed by atoms with Crippen LogP contribution >= 0.6 is 11.3 Å². The molecule has 2 aromatic carbocycles. The Kier molecular flexibility index (Phi) is 7.67. The van der Waals surface area contributed by atoms with E-state index in [0.29, 0.717) is 23.5 Å². The molecule has 1 atom stereocenters. The van der Waals surface area contributed by atoms with Crippen molar-refractivity contribution in [2.75, 3.05) is 20.2 Å². The van der Waals surface area contributed by atoms with Crippen LogP contribution < -0.4 is 4.80 Å². The summed E-state index contributed by atoms with van der Waals surface area (Å²) in [6, 6.07) is 12.4. The first-order valence-corrected chi connectivity index (χ1v) is 14.0. The number of amides is 1. The molecule has 0 bridgehead atoms. The van der Waals surface area contributed by atoms with Crippen molar-refractivity contribution in [3.8, 4) is 0 Å². The van der Waals surface area contributed by atoms with E-state index in [9.17, 15) is 13.2 Å². The third-order valence-corrected chi connectivity index (χ3v) is 8.97. The molecular weight excluding hydrogens is 470 g/mol. The topological polar surface area (TPSA) is 81.0 Å². The van der Waals surface area contributed by atoms with E-state index in [1.54, 1.807) is 7.05 Å². The highest BCUT2D eigenvalue weighted by Crippen LogP contribution is 2.21. The number of ether oxygens (including phenoxy) is 1. The fourth-order valence-corrected chi connectivity index (χ4v) is 6.46. The second kappa shape index (κ2) is 10.5. The summed E-state index contributed by atoms with van der Waals surface area (Å²) in [6.45, 7) is 5.98. The number of thiazole rings is 1. The molecule has 4 rings (SSSR count). The van der Waals surface area contributed by atoms with Crippen LogP contribution in [0.5, 0.6) is 0 Å². The summed E-state index contributed by atoms with van der Waals surface area (Å²) in [5.41, 5.74) is 2.68. The van der Waals surface area contributed by atoms with Gasteiger partial charge in [-0.2, -0.15) is 9.30 Å². The highest BCUT2D eigenvalue weighted by molar-refractivity contribution is 7.89. The summed E-state index contributed by atoms with van der Waals surface area (Å²) in [4.78, 5) is 18.2. The van der Waals surface area contributed by atoms with E-state index in [2.05, 4.69) is 41.6 Å². The van der Waals surface area contributed by atoms with E-state index < -0.39 is 10.0 Å². The predicted molar refractivity (Wildman–Crippen MR) is 135 cm³/mol. The lowest BCUT2D eigenvalue weighted by atomic mass is 10.2. The fourth-order valence-electron chi connectivity index (χ4n) is 4.14. The zero-order chi connectivity index (χ0) is 24.3. The summed E-state index contributed by atoms with van der Waals surface area (Å²) in [5, 5.41) is 0. The van der Waals surface area contributed by atoms with Crippen LogP contribution in [0.4, 0.5) is 0 Å². The largest absolute Gasteiger partial charge is 0.377 e. The minimum Gasteiger partial charge on any atom is -0.377 e. The van der Waals surface area contributed by atoms with Crippen molar-refractivity contribution in [1.29, 1.82) is 0 Å². The molecule has 9 heteroatoms. The van der Waals surface area contributed by atoms with Crippen LogP contribution in [0.2, 0.25) is 0 Å². The van der Waals surface area contributed by atoms with E-state index in [4.69, 9.17) is 4.74 Å². The highest BCUT2D eigenvalue weighted by Gasteiger charge is 2.26. The summed E-state index contributed by atoms with van der Waals surface area (Å²) in [7, 11) is -2.10. The number of hydrogen-bond donors (Lipinski definition) is 0. The van der Waals surface area contributed by atoms with Crippen LogP contribution in [0.3, 0.4) is 0 Å². The average Bonchev–Trinajstić information content (AvgIpc) is 3.46. The molecule has 1 aliphatic rings. The van der Waals surface area contributed by atoms with Gasteiger partial charge in [-0.25, -0.2) is 8.42 Å². The maximum Gasteiger partial charge on any atom is 0.279 e. The Hall–Kier alpha value is -2.33. The van der Waals surface area contributed by atoms with E-state index in [0.717, 1.165) is 42.4 Å². The van der Waals surface area contributed by atoms with Crippen molar-refractivity contribution in [3.05, 3.63) is 58.4 Å². The van der Waals surface area contributed by atoms with Crippen LogP contribution in [0.25, 0.3) is 10.2 Å². The number of hydrogen-bond acceptors (Lipinski definition) is 5. The zero-order valence-corrected chi connectivity index (χ0v) is 21.5. The standard InChI is InChI=1S/C25H31N3O4S2/c1-4-14-28-22-13-8-18(5-2)16-23(22)33-25(28)26-24(29)19-9-11-21(12-10-19)34(30,31)27(3)17-20-7-6-15-32-20/h8-13,16,20H,4-7,14-15,17H2,1-3H3. The van der Waals surface area contributed by atoms with Gasteiger partial charge in [0.15, 0.2) is 4.80 Å². The maximum atomic E-state index is 12.9. The van der Waals surface area contributed by atoms with E-state index >= 15 is 0 Å². The zero-order valence-electron chi connectivity index (χ0n) is 19.9. The lowest BCUT2D eigenvalue weighted by Gasteiger charge is -2.20. The molecule has 1 aromatic heterocycles. The van der Waals surface area contributed by atoms with Gasteiger partial charge in [0.05, 0.1) is 21.2 Å². The van der Waals surface area contributed by atoms with Crippen LogP contribution in [-0.2, 0) is 27.7 Å². The van der Waals surface area contributed by atoms with Gasteiger partial charge in [0.25, 0.3) is 5.91 Å². The Morgan fingerprint density at radius 1 is 1.21 bits per heavy atom. The molecule has 0 saturated carbocycles. The lowest BCUT2D eigenvalue weighted by Crippen LogP contribution is -2.34. The normalized spacial score (nSPS) is 17.2. The van der Waals surface area contributed by atoms with Gasteiger partial charge in [-0.05, 0) is 67.6 Å². The van der Waals surface area contributed by atoms with E-state index in [1.165, 1.54) is 45.5 Å². The number of aromatic nitrogens is 1. The number of aryl methyl sites for hydroxylation is 2. The smallest absolute Gasteiger partial charge is 0.279 e. The molecule has 0 aliphatic carbocycles. The van der Waals surface area contributed by atoms with Gasteiger partial charge in [0, 0.05) is 32.3 Å². The third-order valence-electron chi connectivity index (χ3n) is 6.09. The first-order valence-electron chi connectivity index (χ1n) is 11.7. The van der Waals surface area contributed by atoms with Crippen molar-refractivity contribution in [1.82, 2.24) is 8.87 Å². The Bertz CT molecular complexity index is 1330. The maximum absolute atomic E-state index is 12.9. The SMILES string of the molecule is CCCn1c(=NC(=O)c2ccc(S(=O)(=O)N(C)CC3CCCO3)cc2)sc2cc(CC)ccc21. The molecule has 1 aliphatic heterocycles.